The molecule has 5 nitrogen and oxygen atoms in total. The molecule has 1 atom stereocenters. The lowest BCUT2D eigenvalue weighted by molar-refractivity contribution is 0.0696. The molecule has 0 amide bonds. The molecule has 0 spiro atoms. The number of hydrogen-bond acceptors (Lipinski definition) is 3. The fourth-order valence-corrected chi connectivity index (χ4v) is 3.57. The van der Waals surface area contributed by atoms with Gasteiger partial charge >= 0.3 is 5.97 Å². The summed E-state index contributed by atoms with van der Waals surface area (Å²) in [6, 6.07) is 2.51. The second-order valence-corrected chi connectivity index (χ2v) is 6.73. The molecule has 2 rings (SSSR count). The van der Waals surface area contributed by atoms with Gasteiger partial charge in [-0.1, -0.05) is 6.42 Å². The highest BCUT2D eigenvalue weighted by Crippen LogP contribution is 2.30. The molecule has 0 radical (unpaired) electrons. The van der Waals surface area contributed by atoms with Crippen molar-refractivity contribution in [3.8, 4) is 0 Å². The Morgan fingerprint density at radius 1 is 1.45 bits per heavy atom. The van der Waals surface area contributed by atoms with Crippen LogP contribution in [0.4, 0.5) is 4.39 Å². The van der Waals surface area contributed by atoms with Crippen LogP contribution in [-0.2, 0) is 10.0 Å². The summed E-state index contributed by atoms with van der Waals surface area (Å²) in [6.45, 7) is 1.75. The lowest BCUT2D eigenvalue weighted by Gasteiger charge is -2.31. The second kappa shape index (κ2) is 5.49. The maximum Gasteiger partial charge on any atom is 0.335 e. The van der Waals surface area contributed by atoms with E-state index in [1.807, 2.05) is 0 Å². The first-order chi connectivity index (χ1) is 9.31. The number of rotatable bonds is 5. The molecule has 1 unspecified atom stereocenters. The molecular weight excluding hydrogens is 285 g/mol. The monoisotopic (exact) mass is 301 g/mol. The Hall–Kier alpha value is -1.47. The summed E-state index contributed by atoms with van der Waals surface area (Å²) in [6.07, 6.45) is 3.01. The van der Waals surface area contributed by atoms with Crippen LogP contribution in [0.25, 0.3) is 0 Å². The van der Waals surface area contributed by atoms with Gasteiger partial charge in [0.05, 0.1) is 5.56 Å². The number of carboxylic acid groups (broad SMARTS) is 1. The van der Waals surface area contributed by atoms with Crippen LogP contribution in [-0.4, -0.2) is 25.5 Å². The highest BCUT2D eigenvalue weighted by Gasteiger charge is 2.29. The zero-order valence-electron chi connectivity index (χ0n) is 11.0. The van der Waals surface area contributed by atoms with Crippen LogP contribution in [0.1, 0.15) is 36.5 Å². The highest BCUT2D eigenvalue weighted by atomic mass is 32.2. The maximum absolute atomic E-state index is 13.8. The second-order valence-electron chi connectivity index (χ2n) is 5.05. The van der Waals surface area contributed by atoms with Crippen molar-refractivity contribution >= 4 is 16.0 Å². The van der Waals surface area contributed by atoms with Gasteiger partial charge in [-0.05, 0) is 43.9 Å². The van der Waals surface area contributed by atoms with Gasteiger partial charge in [-0.15, -0.1) is 0 Å². The van der Waals surface area contributed by atoms with E-state index >= 15 is 0 Å². The number of carbonyl (C=O) groups is 1. The molecule has 0 aromatic heterocycles. The van der Waals surface area contributed by atoms with E-state index in [1.165, 1.54) is 0 Å². The van der Waals surface area contributed by atoms with Crippen LogP contribution < -0.4 is 4.72 Å². The minimum absolute atomic E-state index is 0.257. The van der Waals surface area contributed by atoms with Gasteiger partial charge in [-0.3, -0.25) is 0 Å². The number of halogens is 1. The lowest BCUT2D eigenvalue weighted by atomic mass is 9.81. The minimum Gasteiger partial charge on any atom is -0.478 e. The summed E-state index contributed by atoms with van der Waals surface area (Å²) in [5.74, 6) is -2.08. The van der Waals surface area contributed by atoms with Gasteiger partial charge in [-0.2, -0.15) is 0 Å². The van der Waals surface area contributed by atoms with E-state index in [2.05, 4.69) is 4.72 Å². The van der Waals surface area contributed by atoms with Crippen LogP contribution in [0.5, 0.6) is 0 Å². The summed E-state index contributed by atoms with van der Waals surface area (Å²) in [5, 5.41) is 8.73. The standard InChI is InChI=1S/C13H16FNO4S/c1-8(9-3-2-4-9)15-20(18,19)12-6-5-10(13(16)17)7-11(12)14/h5-9,15H,2-4H2,1H3,(H,16,17). The van der Waals surface area contributed by atoms with E-state index in [9.17, 15) is 17.6 Å². The number of carboxylic acids is 1. The van der Waals surface area contributed by atoms with Crippen LogP contribution in [0.15, 0.2) is 23.1 Å². The first kappa shape index (κ1) is 14.9. The Kier molecular flexibility index (Phi) is 4.10. The fourth-order valence-electron chi connectivity index (χ4n) is 2.20. The van der Waals surface area contributed by atoms with Crippen molar-refractivity contribution in [3.05, 3.63) is 29.6 Å². The van der Waals surface area contributed by atoms with Gasteiger partial charge in [0.1, 0.15) is 10.7 Å². The molecule has 1 fully saturated rings. The zero-order chi connectivity index (χ0) is 14.9. The molecule has 0 aliphatic heterocycles. The van der Waals surface area contributed by atoms with Gasteiger partial charge in [0.25, 0.3) is 0 Å². The van der Waals surface area contributed by atoms with Gasteiger partial charge in [0.2, 0.25) is 10.0 Å². The Morgan fingerprint density at radius 2 is 2.10 bits per heavy atom. The molecule has 0 saturated heterocycles. The molecule has 1 aliphatic rings. The Labute approximate surface area is 116 Å². The van der Waals surface area contributed by atoms with E-state index in [0.717, 1.165) is 31.4 Å². The maximum atomic E-state index is 13.8. The number of hydrogen-bond donors (Lipinski definition) is 2. The van der Waals surface area contributed by atoms with Crippen LogP contribution >= 0.6 is 0 Å². The average Bonchev–Trinajstić information content (AvgIpc) is 2.24. The molecule has 1 aliphatic carbocycles. The third-order valence-corrected chi connectivity index (χ3v) is 5.26. The third kappa shape index (κ3) is 2.99. The van der Waals surface area contributed by atoms with Crippen molar-refractivity contribution in [1.29, 1.82) is 0 Å². The number of benzene rings is 1. The SMILES string of the molecule is CC(NS(=O)(=O)c1ccc(C(=O)O)cc1F)C1CCC1. The highest BCUT2D eigenvalue weighted by molar-refractivity contribution is 7.89. The molecule has 1 aromatic carbocycles. The van der Waals surface area contributed by atoms with E-state index in [4.69, 9.17) is 5.11 Å². The van der Waals surface area contributed by atoms with Crippen molar-refractivity contribution in [2.24, 2.45) is 5.92 Å². The number of sulfonamides is 1. The van der Waals surface area contributed by atoms with E-state index in [-0.39, 0.29) is 17.5 Å². The Bertz CT molecular complexity index is 625. The van der Waals surface area contributed by atoms with Gasteiger partial charge < -0.3 is 5.11 Å². The average molecular weight is 301 g/mol. The first-order valence-electron chi connectivity index (χ1n) is 6.36. The lowest BCUT2D eigenvalue weighted by Crippen LogP contribution is -2.40. The molecular formula is C13H16FNO4S. The van der Waals surface area contributed by atoms with Crippen molar-refractivity contribution in [2.45, 2.75) is 37.1 Å². The minimum atomic E-state index is -3.97. The van der Waals surface area contributed by atoms with Crippen LogP contribution in [0, 0.1) is 11.7 Å². The normalized spacial score (nSPS) is 17.5. The molecule has 7 heteroatoms. The van der Waals surface area contributed by atoms with E-state index < -0.39 is 26.7 Å². The van der Waals surface area contributed by atoms with Crippen LogP contribution in [0.3, 0.4) is 0 Å². The smallest absolute Gasteiger partial charge is 0.335 e. The Morgan fingerprint density at radius 3 is 2.55 bits per heavy atom. The third-order valence-electron chi connectivity index (χ3n) is 3.67. The fraction of sp³-hybridized carbons (Fsp3) is 0.462. The molecule has 0 heterocycles. The van der Waals surface area contributed by atoms with Crippen molar-refractivity contribution in [2.75, 3.05) is 0 Å². The van der Waals surface area contributed by atoms with E-state index in [0.29, 0.717) is 6.07 Å². The largest absolute Gasteiger partial charge is 0.478 e. The number of nitrogens with one attached hydrogen (secondary N) is 1. The molecule has 1 saturated carbocycles. The molecule has 20 heavy (non-hydrogen) atoms. The predicted octanol–water partition coefficient (Wildman–Crippen LogP) is 1.99. The summed E-state index contributed by atoms with van der Waals surface area (Å²) in [5.41, 5.74) is -0.284. The summed E-state index contributed by atoms with van der Waals surface area (Å²) < 4.78 is 40.4. The molecule has 0 bridgehead atoms. The Balaban J connectivity index is 2.22. The van der Waals surface area contributed by atoms with E-state index in [1.54, 1.807) is 6.92 Å². The van der Waals surface area contributed by atoms with Gasteiger partial charge in [-0.25, -0.2) is 22.3 Å². The quantitative estimate of drug-likeness (QED) is 0.871. The van der Waals surface area contributed by atoms with Gasteiger partial charge in [0, 0.05) is 6.04 Å². The molecule has 1 aromatic rings. The van der Waals surface area contributed by atoms with Gasteiger partial charge in [0.15, 0.2) is 0 Å². The summed E-state index contributed by atoms with van der Waals surface area (Å²) >= 11 is 0. The van der Waals surface area contributed by atoms with Crippen molar-refractivity contribution in [1.82, 2.24) is 4.72 Å². The first-order valence-corrected chi connectivity index (χ1v) is 7.85. The van der Waals surface area contributed by atoms with Crippen LogP contribution in [0.2, 0.25) is 0 Å². The molecule has 110 valence electrons. The van der Waals surface area contributed by atoms with Crippen molar-refractivity contribution < 1.29 is 22.7 Å². The topological polar surface area (TPSA) is 83.5 Å². The zero-order valence-corrected chi connectivity index (χ0v) is 11.8. The number of aromatic carboxylic acids is 1. The van der Waals surface area contributed by atoms with Crippen molar-refractivity contribution in [3.63, 3.8) is 0 Å². The summed E-state index contributed by atoms with van der Waals surface area (Å²) in [7, 11) is -3.97. The predicted molar refractivity (Wildman–Crippen MR) is 70.5 cm³/mol. The molecule has 2 N–H and O–H groups in total. The summed E-state index contributed by atoms with van der Waals surface area (Å²) in [4.78, 5) is 10.2.